The van der Waals surface area contributed by atoms with E-state index in [4.69, 9.17) is 4.74 Å². The Bertz CT molecular complexity index is 669. The first-order valence-electron chi connectivity index (χ1n) is 7.62. The van der Waals surface area contributed by atoms with Crippen LogP contribution in [0.4, 0.5) is 20.6 Å². The summed E-state index contributed by atoms with van der Waals surface area (Å²) in [5.41, 5.74) is 5.49. The van der Waals surface area contributed by atoms with Crippen LogP contribution >= 0.6 is 0 Å². The van der Waals surface area contributed by atoms with Crippen LogP contribution in [0.25, 0.3) is 0 Å². The molecule has 2 rings (SSSR count). The SMILES string of the molecule is CC(=O)NC[C@H]1CN(c2ccc(NCNNC(C)=O)c(F)c2)C(=O)O1. The Kier molecular flexibility index (Phi) is 6.12. The minimum atomic E-state index is -0.595. The summed E-state index contributed by atoms with van der Waals surface area (Å²) in [4.78, 5) is 34.8. The lowest BCUT2D eigenvalue weighted by molar-refractivity contribution is -0.120. The second-order valence-electron chi connectivity index (χ2n) is 5.43. The van der Waals surface area contributed by atoms with Crippen molar-refractivity contribution in [1.29, 1.82) is 0 Å². The minimum Gasteiger partial charge on any atom is -0.442 e. The third-order valence-corrected chi connectivity index (χ3v) is 3.35. The predicted molar refractivity (Wildman–Crippen MR) is 88.1 cm³/mol. The van der Waals surface area contributed by atoms with Crippen LogP contribution in [0.3, 0.4) is 0 Å². The van der Waals surface area contributed by atoms with Gasteiger partial charge in [0.1, 0.15) is 11.9 Å². The molecule has 0 aliphatic carbocycles. The number of cyclic esters (lactones) is 1. The fourth-order valence-electron chi connectivity index (χ4n) is 2.22. The average molecular weight is 353 g/mol. The van der Waals surface area contributed by atoms with Gasteiger partial charge >= 0.3 is 6.09 Å². The van der Waals surface area contributed by atoms with Gasteiger partial charge in [0.2, 0.25) is 11.8 Å². The maximum absolute atomic E-state index is 14.2. The summed E-state index contributed by atoms with van der Waals surface area (Å²) < 4.78 is 19.3. The van der Waals surface area contributed by atoms with E-state index in [1.54, 1.807) is 6.07 Å². The van der Waals surface area contributed by atoms with E-state index in [9.17, 15) is 18.8 Å². The Morgan fingerprint density at radius 2 is 2.08 bits per heavy atom. The third-order valence-electron chi connectivity index (χ3n) is 3.35. The van der Waals surface area contributed by atoms with Crippen molar-refractivity contribution in [2.45, 2.75) is 20.0 Å². The van der Waals surface area contributed by atoms with Gasteiger partial charge in [-0.1, -0.05) is 0 Å². The predicted octanol–water partition coefficient (Wildman–Crippen LogP) is 0.297. The van der Waals surface area contributed by atoms with Crippen molar-refractivity contribution in [3.8, 4) is 0 Å². The second-order valence-corrected chi connectivity index (χ2v) is 5.43. The molecule has 0 aromatic heterocycles. The Balaban J connectivity index is 1.94. The smallest absolute Gasteiger partial charge is 0.414 e. The molecule has 0 spiro atoms. The second kappa shape index (κ2) is 8.29. The van der Waals surface area contributed by atoms with Gasteiger partial charge in [0.05, 0.1) is 31.1 Å². The fraction of sp³-hybridized carbons (Fsp3) is 0.400. The van der Waals surface area contributed by atoms with Gasteiger partial charge < -0.3 is 15.4 Å². The summed E-state index contributed by atoms with van der Waals surface area (Å²) in [5, 5.41) is 5.33. The zero-order valence-corrected chi connectivity index (χ0v) is 13.9. The monoisotopic (exact) mass is 353 g/mol. The first kappa shape index (κ1) is 18.5. The standard InChI is InChI=1S/C15H20FN5O4/c1-9(22)17-6-12-7-21(15(24)25-12)11-3-4-14(13(16)5-11)18-8-19-20-10(2)23/h3-5,12,18-19H,6-8H2,1-2H3,(H,17,22)(H,20,23)/t12-/m0/s1. The van der Waals surface area contributed by atoms with Crippen LogP contribution < -0.4 is 26.4 Å². The van der Waals surface area contributed by atoms with Crippen molar-refractivity contribution in [2.75, 3.05) is 30.0 Å². The van der Waals surface area contributed by atoms with Crippen molar-refractivity contribution in [3.05, 3.63) is 24.0 Å². The summed E-state index contributed by atoms with van der Waals surface area (Å²) in [6.45, 7) is 3.26. The quantitative estimate of drug-likeness (QED) is 0.319. The van der Waals surface area contributed by atoms with Crippen LogP contribution in [0.2, 0.25) is 0 Å². The molecule has 0 unspecified atom stereocenters. The molecule has 9 nitrogen and oxygen atoms in total. The maximum atomic E-state index is 14.2. The van der Waals surface area contributed by atoms with Crippen molar-refractivity contribution in [3.63, 3.8) is 0 Å². The zero-order valence-electron chi connectivity index (χ0n) is 13.9. The van der Waals surface area contributed by atoms with E-state index in [1.807, 2.05) is 0 Å². The van der Waals surface area contributed by atoms with Gasteiger partial charge in [-0.05, 0) is 18.2 Å². The molecule has 1 aromatic rings. The maximum Gasteiger partial charge on any atom is 0.414 e. The number of halogens is 1. The van der Waals surface area contributed by atoms with Crippen LogP contribution in [0.15, 0.2) is 18.2 Å². The van der Waals surface area contributed by atoms with Crippen molar-refractivity contribution >= 4 is 29.3 Å². The number of benzene rings is 1. The fourth-order valence-corrected chi connectivity index (χ4v) is 2.22. The van der Waals surface area contributed by atoms with Gasteiger partial charge in [0.25, 0.3) is 0 Å². The molecule has 1 aliphatic rings. The first-order chi connectivity index (χ1) is 11.9. The Hall–Kier alpha value is -2.88. The van der Waals surface area contributed by atoms with E-state index < -0.39 is 18.0 Å². The van der Waals surface area contributed by atoms with Crippen molar-refractivity contribution in [2.24, 2.45) is 0 Å². The highest BCUT2D eigenvalue weighted by molar-refractivity contribution is 5.90. The van der Waals surface area contributed by atoms with Gasteiger partial charge in [0, 0.05) is 13.8 Å². The number of nitrogens with one attached hydrogen (secondary N) is 4. The van der Waals surface area contributed by atoms with Gasteiger partial charge in [0.15, 0.2) is 0 Å². The zero-order chi connectivity index (χ0) is 18.4. The summed E-state index contributed by atoms with van der Waals surface area (Å²) in [7, 11) is 0. The number of carbonyl (C=O) groups is 3. The number of hydrogen-bond donors (Lipinski definition) is 4. The van der Waals surface area contributed by atoms with E-state index in [0.29, 0.717) is 5.69 Å². The number of hydrogen-bond acceptors (Lipinski definition) is 6. The lowest BCUT2D eigenvalue weighted by Crippen LogP contribution is -2.39. The van der Waals surface area contributed by atoms with Gasteiger partial charge in [-0.3, -0.25) is 19.9 Å². The van der Waals surface area contributed by atoms with Crippen molar-refractivity contribution < 1.29 is 23.5 Å². The molecule has 4 N–H and O–H groups in total. The van der Waals surface area contributed by atoms with E-state index in [-0.39, 0.29) is 37.3 Å². The minimum absolute atomic E-state index is 0.125. The van der Waals surface area contributed by atoms with Crippen LogP contribution in [0, 0.1) is 5.82 Å². The van der Waals surface area contributed by atoms with E-state index in [1.165, 1.54) is 30.9 Å². The molecule has 0 radical (unpaired) electrons. The van der Waals surface area contributed by atoms with Crippen LogP contribution in [0.5, 0.6) is 0 Å². The molecular formula is C15H20FN5O4. The number of anilines is 2. The van der Waals surface area contributed by atoms with E-state index in [2.05, 4.69) is 21.5 Å². The van der Waals surface area contributed by atoms with Crippen molar-refractivity contribution in [1.82, 2.24) is 16.2 Å². The molecule has 1 aliphatic heterocycles. The molecule has 1 aromatic carbocycles. The number of ether oxygens (including phenoxy) is 1. The summed E-state index contributed by atoms with van der Waals surface area (Å²) in [5.74, 6) is -1.04. The topological polar surface area (TPSA) is 112 Å². The number of nitrogens with zero attached hydrogens (tertiary/aromatic N) is 1. The largest absolute Gasteiger partial charge is 0.442 e. The van der Waals surface area contributed by atoms with Crippen LogP contribution in [-0.4, -0.2) is 43.8 Å². The summed E-state index contributed by atoms with van der Waals surface area (Å²) in [6.07, 6.45) is -1.08. The number of rotatable bonds is 7. The molecule has 1 heterocycles. The number of hydrazine groups is 1. The Labute approximate surface area is 143 Å². The molecule has 10 heteroatoms. The molecule has 0 saturated carbocycles. The first-order valence-corrected chi connectivity index (χ1v) is 7.62. The van der Waals surface area contributed by atoms with Crippen LogP contribution in [0.1, 0.15) is 13.8 Å². The summed E-state index contributed by atoms with van der Waals surface area (Å²) in [6, 6.07) is 4.27. The molecule has 136 valence electrons. The van der Waals surface area contributed by atoms with Gasteiger partial charge in [-0.2, -0.15) is 0 Å². The highest BCUT2D eigenvalue weighted by atomic mass is 19.1. The molecule has 25 heavy (non-hydrogen) atoms. The Morgan fingerprint density at radius 3 is 2.72 bits per heavy atom. The molecular weight excluding hydrogens is 333 g/mol. The van der Waals surface area contributed by atoms with Gasteiger partial charge in [-0.15, -0.1) is 0 Å². The number of carbonyl (C=O) groups excluding carboxylic acids is 3. The summed E-state index contributed by atoms with van der Waals surface area (Å²) >= 11 is 0. The van der Waals surface area contributed by atoms with Gasteiger partial charge in [-0.25, -0.2) is 14.6 Å². The lowest BCUT2D eigenvalue weighted by Gasteiger charge is -2.15. The van der Waals surface area contributed by atoms with Crippen LogP contribution in [-0.2, 0) is 14.3 Å². The average Bonchev–Trinajstić information content (AvgIpc) is 2.91. The molecule has 1 atom stereocenters. The highest BCUT2D eigenvalue weighted by Gasteiger charge is 2.32. The van der Waals surface area contributed by atoms with E-state index >= 15 is 0 Å². The number of amides is 3. The molecule has 0 bridgehead atoms. The molecule has 1 fully saturated rings. The third kappa shape index (κ3) is 5.31. The molecule has 3 amide bonds. The normalized spacial score (nSPS) is 16.4. The highest BCUT2D eigenvalue weighted by Crippen LogP contribution is 2.25. The Morgan fingerprint density at radius 1 is 1.32 bits per heavy atom. The van der Waals surface area contributed by atoms with E-state index in [0.717, 1.165) is 0 Å². The molecule has 1 saturated heterocycles. The lowest BCUT2D eigenvalue weighted by atomic mass is 10.2.